The molecule has 0 saturated carbocycles. The second-order valence-electron chi connectivity index (χ2n) is 21.5. The summed E-state index contributed by atoms with van der Waals surface area (Å²) in [6.07, 6.45) is 9.13. The van der Waals surface area contributed by atoms with E-state index in [4.69, 9.17) is 6.58 Å². The van der Waals surface area contributed by atoms with E-state index in [1.54, 1.807) is 0 Å². The van der Waals surface area contributed by atoms with Crippen LogP contribution < -0.4 is 16.2 Å². The summed E-state index contributed by atoms with van der Waals surface area (Å²) in [5.41, 5.74) is 20.4. The van der Waals surface area contributed by atoms with Gasteiger partial charge in [-0.25, -0.2) is 0 Å². The fourth-order valence-electron chi connectivity index (χ4n) is 8.77. The van der Waals surface area contributed by atoms with Crippen molar-refractivity contribution in [1.82, 2.24) is 4.57 Å². The zero-order valence-corrected chi connectivity index (χ0v) is 38.0. The highest BCUT2D eigenvalue weighted by Crippen LogP contribution is 2.43. The first-order valence-electron chi connectivity index (χ1n) is 21.3. The number of anilines is 1. The minimum Gasteiger partial charge on any atom is -0.349 e. The third-order valence-electron chi connectivity index (χ3n) is 12.7. The van der Waals surface area contributed by atoms with Crippen LogP contribution in [0, 0.1) is 5.41 Å². The Bertz CT molecular complexity index is 2630. The van der Waals surface area contributed by atoms with E-state index in [9.17, 15) is 0 Å². The normalized spacial score (nSPS) is 16.2. The number of hydrogen-bond donors (Lipinski definition) is 1. The molecule has 298 valence electrons. The maximum Gasteiger partial charge on any atom is 0.248 e. The quantitative estimate of drug-likeness (QED) is 0.135. The molecular weight excluding hydrogens is 699 g/mol. The van der Waals surface area contributed by atoms with E-state index < -0.39 is 0 Å². The molecule has 0 radical (unpaired) electrons. The van der Waals surface area contributed by atoms with E-state index in [0.717, 1.165) is 22.6 Å². The number of hydrogen-bond acceptors (Lipinski definition) is 1. The van der Waals surface area contributed by atoms with Crippen LogP contribution in [-0.4, -0.2) is 11.3 Å². The summed E-state index contributed by atoms with van der Waals surface area (Å²) in [5.74, 6) is 0. The zero-order chi connectivity index (χ0) is 42.3. The van der Waals surface area contributed by atoms with E-state index in [1.807, 2.05) is 0 Å². The molecule has 2 heterocycles. The monoisotopic (exact) mass is 765 g/mol. The van der Waals surface area contributed by atoms with Gasteiger partial charge in [0.1, 0.15) is 0 Å². The summed E-state index contributed by atoms with van der Waals surface area (Å²) in [6, 6.07) is 30.1. The Balaban J connectivity index is 1.61. The van der Waals surface area contributed by atoms with Crippen molar-refractivity contribution in [2.24, 2.45) is 5.41 Å². The maximum atomic E-state index is 5.14. The van der Waals surface area contributed by atoms with Crippen molar-refractivity contribution < 1.29 is 0 Å². The maximum absolute atomic E-state index is 5.14. The van der Waals surface area contributed by atoms with Crippen molar-refractivity contribution in [2.75, 3.05) is 5.32 Å². The van der Waals surface area contributed by atoms with Crippen molar-refractivity contribution in [3.63, 3.8) is 0 Å². The second-order valence-corrected chi connectivity index (χ2v) is 21.5. The van der Waals surface area contributed by atoms with Gasteiger partial charge in [-0.1, -0.05) is 169 Å². The molecule has 0 unspecified atom stereocenters. The van der Waals surface area contributed by atoms with Gasteiger partial charge in [-0.2, -0.15) is 0 Å². The summed E-state index contributed by atoms with van der Waals surface area (Å²) >= 11 is 0. The molecule has 1 aliphatic heterocycles. The lowest BCUT2D eigenvalue weighted by atomic mass is 9.34. The average molecular weight is 765 g/mol. The van der Waals surface area contributed by atoms with E-state index in [0.29, 0.717) is 0 Å². The smallest absolute Gasteiger partial charge is 0.248 e. The largest absolute Gasteiger partial charge is 0.349 e. The van der Waals surface area contributed by atoms with Gasteiger partial charge in [0.2, 0.25) is 6.71 Å². The topological polar surface area (TPSA) is 17.0 Å². The summed E-state index contributed by atoms with van der Waals surface area (Å²) in [5, 5.41) is 6.49. The number of benzene rings is 4. The first kappa shape index (κ1) is 41.2. The third-order valence-corrected chi connectivity index (χ3v) is 12.7. The molecule has 1 aliphatic carbocycles. The number of allylic oxidation sites excluding steroid dienone is 7. The van der Waals surface area contributed by atoms with Crippen LogP contribution in [0.5, 0.6) is 0 Å². The summed E-state index contributed by atoms with van der Waals surface area (Å²) in [6.45, 7) is 39.6. The molecule has 0 atom stereocenters. The highest BCUT2D eigenvalue weighted by molar-refractivity contribution is 6.95. The Morgan fingerprint density at radius 2 is 1.22 bits per heavy atom. The van der Waals surface area contributed by atoms with Crippen LogP contribution in [0.1, 0.15) is 126 Å². The van der Waals surface area contributed by atoms with E-state index >= 15 is 0 Å². The summed E-state index contributed by atoms with van der Waals surface area (Å²) in [7, 11) is 0. The van der Waals surface area contributed by atoms with Crippen molar-refractivity contribution in [1.29, 1.82) is 0 Å². The Kier molecular flexibility index (Phi) is 10.0. The molecule has 3 heteroatoms. The van der Waals surface area contributed by atoms with Gasteiger partial charge >= 0.3 is 0 Å². The van der Waals surface area contributed by atoms with Crippen LogP contribution in [0.25, 0.3) is 27.5 Å². The van der Waals surface area contributed by atoms with E-state index in [1.165, 1.54) is 66.1 Å². The standard InChI is InChI=1S/C55H65BN2/c1-17-36(55(15,16)37-21-19-18-20-22-37)34-49-35(2)56(45-32-40(53(9,10)11)24-27-47(45)57-42-26-23-38(29-42)51(3,4)5)46-33-41(54(12,13)14)31-44-43-30-39(52(6,7)8)25-28-48(43)58(49)50(44)46/h17-28,30-34,57H,2H2,1,3-16H3/b36-17+,49-34+. The number of fused-ring (bicyclic) bond motifs is 3. The van der Waals surface area contributed by atoms with Gasteiger partial charge in [-0.3, -0.25) is 0 Å². The van der Waals surface area contributed by atoms with E-state index in [2.05, 4.69) is 223 Å². The molecule has 1 N–H and O–H groups in total. The van der Waals surface area contributed by atoms with Gasteiger partial charge in [0.15, 0.2) is 0 Å². The average Bonchev–Trinajstić information content (AvgIpc) is 3.75. The lowest BCUT2D eigenvalue weighted by molar-refractivity contribution is 0.519. The molecule has 0 fully saturated rings. The first-order chi connectivity index (χ1) is 26.9. The fourth-order valence-corrected chi connectivity index (χ4v) is 8.77. The van der Waals surface area contributed by atoms with Crippen LogP contribution in [-0.2, 0) is 21.7 Å². The Labute approximate surface area is 350 Å². The molecule has 1 aromatic heterocycles. The molecule has 0 amide bonds. The minimum atomic E-state index is -0.242. The highest BCUT2D eigenvalue weighted by atomic mass is 15.0. The van der Waals surface area contributed by atoms with Crippen molar-refractivity contribution in [2.45, 2.75) is 126 Å². The van der Waals surface area contributed by atoms with Gasteiger partial charge in [-0.05, 0) is 110 Å². The zero-order valence-electron chi connectivity index (χ0n) is 38.0. The molecule has 2 aliphatic rings. The Morgan fingerprint density at radius 3 is 1.81 bits per heavy atom. The Hall–Kier alpha value is -4.98. The number of rotatable bonds is 6. The van der Waals surface area contributed by atoms with Crippen LogP contribution in [0.2, 0.25) is 0 Å². The predicted octanol–water partition coefficient (Wildman–Crippen LogP) is 13.6. The van der Waals surface area contributed by atoms with Crippen LogP contribution in [0.4, 0.5) is 5.69 Å². The molecule has 0 spiro atoms. The summed E-state index contributed by atoms with van der Waals surface area (Å²) < 4.78 is 2.55. The Morgan fingerprint density at radius 1 is 0.638 bits per heavy atom. The van der Waals surface area contributed by atoms with Crippen LogP contribution >= 0.6 is 0 Å². The predicted molar refractivity (Wildman–Crippen MR) is 256 cm³/mol. The fraction of sp³-hybridized carbons (Fsp3) is 0.364. The molecule has 0 bridgehead atoms. The van der Waals surface area contributed by atoms with Gasteiger partial charge in [-0.15, -0.1) is 6.58 Å². The van der Waals surface area contributed by atoms with Gasteiger partial charge < -0.3 is 9.88 Å². The van der Waals surface area contributed by atoms with Crippen molar-refractivity contribution >= 4 is 50.8 Å². The molecule has 7 rings (SSSR count). The number of nitrogens with zero attached hydrogens (tertiary/aromatic N) is 1. The minimum absolute atomic E-state index is 0.00744. The summed E-state index contributed by atoms with van der Waals surface area (Å²) in [4.78, 5) is 0. The molecule has 2 nitrogen and oxygen atoms in total. The SMILES string of the molecule is C=C1B(c2cc(C(C)(C)C)ccc2NC2=C=C(C(C)(C)C)C=C2)c2cc(C(C)(C)C)cc3c4cc(C(C)(C)C)ccc4n(c23)/C1=C/C(=C\C)C(C)(C)c1ccccc1. The molecule has 5 aromatic rings. The van der Waals surface area contributed by atoms with Crippen molar-refractivity contribution in [3.8, 4) is 0 Å². The number of aromatic nitrogens is 1. The van der Waals surface area contributed by atoms with Crippen LogP contribution in [0.3, 0.4) is 0 Å². The lowest BCUT2D eigenvalue weighted by Crippen LogP contribution is -2.49. The number of nitrogens with one attached hydrogen (secondary N) is 1. The van der Waals surface area contributed by atoms with Gasteiger partial charge in [0, 0.05) is 38.7 Å². The highest BCUT2D eigenvalue weighted by Gasteiger charge is 2.39. The second kappa shape index (κ2) is 14.1. The van der Waals surface area contributed by atoms with Gasteiger partial charge in [0.25, 0.3) is 0 Å². The van der Waals surface area contributed by atoms with Gasteiger partial charge in [0.05, 0.1) is 11.2 Å². The third kappa shape index (κ3) is 7.33. The molecular formula is C55H65BN2. The van der Waals surface area contributed by atoms with Crippen LogP contribution in [0.15, 0.2) is 138 Å². The lowest BCUT2D eigenvalue weighted by Gasteiger charge is -2.34. The molecule has 58 heavy (non-hydrogen) atoms. The van der Waals surface area contributed by atoms with E-state index in [-0.39, 0.29) is 33.8 Å². The first-order valence-corrected chi connectivity index (χ1v) is 21.3. The van der Waals surface area contributed by atoms with Crippen molar-refractivity contribution in [3.05, 3.63) is 160 Å². The molecule has 0 saturated heterocycles. The molecule has 4 aromatic carbocycles.